The maximum Gasteiger partial charge on any atom is 0.120 e. The Bertz CT molecular complexity index is 445. The second-order valence-electron chi connectivity index (χ2n) is 2.57. The van der Waals surface area contributed by atoms with Crippen molar-refractivity contribution in [3.05, 3.63) is 29.1 Å². The number of ether oxygens (including phenoxy) is 1. The van der Waals surface area contributed by atoms with Crippen molar-refractivity contribution in [3.63, 3.8) is 0 Å². The summed E-state index contributed by atoms with van der Waals surface area (Å²) < 4.78 is 6.04. The van der Waals surface area contributed by atoms with Crippen LogP contribution in [-0.2, 0) is 0 Å². The molecular weight excluding hydrogens is 232 g/mol. The van der Waals surface area contributed by atoms with E-state index in [0.717, 1.165) is 21.1 Å². The fourth-order valence-electron chi connectivity index (χ4n) is 1.15. The molecule has 4 heteroatoms. The normalized spacial score (nSPS) is 10.3. The number of rotatable bonds is 1. The molecule has 0 N–H and O–H groups in total. The van der Waals surface area contributed by atoms with E-state index in [1.54, 1.807) is 13.3 Å². The molecule has 0 bridgehead atoms. The first-order valence-corrected chi connectivity index (χ1v) is 4.54. The highest BCUT2D eigenvalue weighted by molar-refractivity contribution is 9.10. The molecule has 3 nitrogen and oxygen atoms in total. The molecule has 0 aliphatic heterocycles. The number of benzene rings is 1. The fraction of sp³-hybridized carbons (Fsp3) is 0.111. The van der Waals surface area contributed by atoms with Crippen molar-refractivity contribution in [1.29, 1.82) is 0 Å². The zero-order chi connectivity index (χ0) is 9.26. The number of aromatic nitrogens is 2. The predicted molar refractivity (Wildman–Crippen MR) is 53.8 cm³/mol. The van der Waals surface area contributed by atoms with Crippen LogP contribution in [0.3, 0.4) is 0 Å². The Morgan fingerprint density at radius 3 is 3.00 bits per heavy atom. The molecule has 0 aliphatic rings. The van der Waals surface area contributed by atoms with Crippen LogP contribution in [0.4, 0.5) is 0 Å². The molecule has 0 atom stereocenters. The van der Waals surface area contributed by atoms with Gasteiger partial charge in [-0.1, -0.05) is 0 Å². The summed E-state index contributed by atoms with van der Waals surface area (Å²) in [5.41, 5.74) is 0.899. The van der Waals surface area contributed by atoms with Gasteiger partial charge in [0.25, 0.3) is 0 Å². The van der Waals surface area contributed by atoms with Gasteiger partial charge >= 0.3 is 0 Å². The number of fused-ring (bicyclic) bond motifs is 1. The SMILES string of the molecule is COc1cc(Br)c2ncncc2c1. The first-order chi connectivity index (χ1) is 6.31. The van der Waals surface area contributed by atoms with E-state index in [2.05, 4.69) is 25.9 Å². The van der Waals surface area contributed by atoms with Crippen LogP contribution in [0.15, 0.2) is 29.1 Å². The van der Waals surface area contributed by atoms with Gasteiger partial charge in [0.05, 0.1) is 12.6 Å². The number of nitrogens with zero attached hydrogens (tertiary/aromatic N) is 2. The van der Waals surface area contributed by atoms with Gasteiger partial charge in [-0.05, 0) is 28.1 Å². The third-order valence-corrected chi connectivity index (χ3v) is 2.37. The molecule has 0 spiro atoms. The van der Waals surface area contributed by atoms with Crippen LogP contribution in [-0.4, -0.2) is 17.1 Å². The van der Waals surface area contributed by atoms with Crippen LogP contribution in [0.1, 0.15) is 0 Å². The Labute approximate surface area is 83.9 Å². The van der Waals surface area contributed by atoms with Crippen LogP contribution in [0.25, 0.3) is 10.9 Å². The second kappa shape index (κ2) is 3.30. The first-order valence-electron chi connectivity index (χ1n) is 3.74. The first kappa shape index (κ1) is 8.44. The zero-order valence-electron chi connectivity index (χ0n) is 6.99. The van der Waals surface area contributed by atoms with Gasteiger partial charge in [-0.25, -0.2) is 9.97 Å². The summed E-state index contributed by atoms with van der Waals surface area (Å²) in [6.45, 7) is 0. The highest BCUT2D eigenvalue weighted by Gasteiger charge is 2.02. The van der Waals surface area contributed by atoms with Crippen LogP contribution in [0.5, 0.6) is 5.75 Å². The van der Waals surface area contributed by atoms with Crippen molar-refractivity contribution >= 4 is 26.8 Å². The summed E-state index contributed by atoms with van der Waals surface area (Å²) in [6, 6.07) is 3.79. The van der Waals surface area contributed by atoms with E-state index in [0.29, 0.717) is 0 Å². The summed E-state index contributed by atoms with van der Waals surface area (Å²) in [5.74, 6) is 0.800. The van der Waals surface area contributed by atoms with Gasteiger partial charge in [0.1, 0.15) is 12.1 Å². The van der Waals surface area contributed by atoms with Gasteiger partial charge < -0.3 is 4.74 Å². The van der Waals surface area contributed by atoms with Gasteiger partial charge in [0.2, 0.25) is 0 Å². The lowest BCUT2D eigenvalue weighted by Crippen LogP contribution is -1.86. The van der Waals surface area contributed by atoms with Crippen LogP contribution in [0, 0.1) is 0 Å². The molecule has 2 rings (SSSR count). The Balaban J connectivity index is 2.77. The summed E-state index contributed by atoms with van der Waals surface area (Å²) in [6.07, 6.45) is 3.29. The van der Waals surface area contributed by atoms with Crippen LogP contribution in [0.2, 0.25) is 0 Å². The molecule has 1 aromatic heterocycles. The van der Waals surface area contributed by atoms with Crippen molar-refractivity contribution < 1.29 is 4.74 Å². The molecule has 0 aliphatic carbocycles. The van der Waals surface area contributed by atoms with E-state index in [9.17, 15) is 0 Å². The van der Waals surface area contributed by atoms with Crippen LogP contribution >= 0.6 is 15.9 Å². The second-order valence-corrected chi connectivity index (χ2v) is 3.42. The summed E-state index contributed by atoms with van der Waals surface area (Å²) in [5, 5.41) is 0.966. The molecule has 0 fully saturated rings. The number of hydrogen-bond donors (Lipinski definition) is 0. The van der Waals surface area contributed by atoms with Crippen molar-refractivity contribution in [1.82, 2.24) is 9.97 Å². The average molecular weight is 239 g/mol. The van der Waals surface area contributed by atoms with Gasteiger partial charge in [-0.15, -0.1) is 0 Å². The molecule has 2 aromatic rings. The average Bonchev–Trinajstić information content (AvgIpc) is 2.18. The summed E-state index contributed by atoms with van der Waals surface area (Å²) >= 11 is 3.42. The molecule has 0 unspecified atom stereocenters. The van der Waals surface area contributed by atoms with E-state index < -0.39 is 0 Å². The third kappa shape index (κ3) is 1.49. The van der Waals surface area contributed by atoms with Gasteiger partial charge in [-0.2, -0.15) is 0 Å². The molecular formula is C9H7BrN2O. The molecule has 0 radical (unpaired) electrons. The Morgan fingerprint density at radius 1 is 1.38 bits per heavy atom. The van der Waals surface area contributed by atoms with Gasteiger partial charge in [0, 0.05) is 16.1 Å². The smallest absolute Gasteiger partial charge is 0.120 e. The van der Waals surface area contributed by atoms with Gasteiger partial charge in [0.15, 0.2) is 0 Å². The fourth-order valence-corrected chi connectivity index (χ4v) is 1.71. The van der Waals surface area contributed by atoms with Crippen molar-refractivity contribution in [2.75, 3.05) is 7.11 Å². The molecule has 0 saturated carbocycles. The van der Waals surface area contributed by atoms with E-state index in [1.165, 1.54) is 6.33 Å². The largest absolute Gasteiger partial charge is 0.497 e. The molecule has 66 valence electrons. The highest BCUT2D eigenvalue weighted by Crippen LogP contribution is 2.26. The van der Waals surface area contributed by atoms with Crippen molar-refractivity contribution in [2.24, 2.45) is 0 Å². The summed E-state index contributed by atoms with van der Waals surface area (Å²) in [7, 11) is 1.64. The van der Waals surface area contributed by atoms with Crippen molar-refractivity contribution in [2.45, 2.75) is 0 Å². The maximum atomic E-state index is 5.12. The van der Waals surface area contributed by atoms with E-state index in [-0.39, 0.29) is 0 Å². The van der Waals surface area contributed by atoms with E-state index in [1.807, 2.05) is 12.1 Å². The Kier molecular flexibility index (Phi) is 2.14. The van der Waals surface area contributed by atoms with Gasteiger partial charge in [-0.3, -0.25) is 0 Å². The molecule has 1 aromatic carbocycles. The molecule has 0 amide bonds. The Morgan fingerprint density at radius 2 is 2.23 bits per heavy atom. The van der Waals surface area contributed by atoms with E-state index in [4.69, 9.17) is 4.74 Å². The zero-order valence-corrected chi connectivity index (χ0v) is 8.58. The van der Waals surface area contributed by atoms with Crippen molar-refractivity contribution in [3.8, 4) is 5.75 Å². The van der Waals surface area contributed by atoms with E-state index >= 15 is 0 Å². The molecule has 0 saturated heterocycles. The Hall–Kier alpha value is -1.16. The monoisotopic (exact) mass is 238 g/mol. The minimum atomic E-state index is 0.800. The number of hydrogen-bond acceptors (Lipinski definition) is 3. The maximum absolute atomic E-state index is 5.12. The summed E-state index contributed by atoms with van der Waals surface area (Å²) in [4.78, 5) is 8.08. The molecule has 13 heavy (non-hydrogen) atoms. The predicted octanol–water partition coefficient (Wildman–Crippen LogP) is 2.40. The number of methoxy groups -OCH3 is 1. The number of halogens is 1. The minimum Gasteiger partial charge on any atom is -0.497 e. The lowest BCUT2D eigenvalue weighted by molar-refractivity contribution is 0.415. The quantitative estimate of drug-likeness (QED) is 0.766. The lowest BCUT2D eigenvalue weighted by Gasteiger charge is -2.03. The standard InChI is InChI=1S/C9H7BrN2O/c1-13-7-2-6-4-11-5-12-9(6)8(10)3-7/h2-5H,1H3. The minimum absolute atomic E-state index is 0.800. The van der Waals surface area contributed by atoms with Crippen LogP contribution < -0.4 is 4.74 Å². The third-order valence-electron chi connectivity index (χ3n) is 1.77. The highest BCUT2D eigenvalue weighted by atomic mass is 79.9. The lowest BCUT2D eigenvalue weighted by atomic mass is 10.2. The molecule has 1 heterocycles. The topological polar surface area (TPSA) is 35.0 Å².